The summed E-state index contributed by atoms with van der Waals surface area (Å²) in [5, 5.41) is 10.7. The number of H-pyrrole nitrogens is 1. The minimum Gasteiger partial charge on any atom is -0.506 e. The van der Waals surface area contributed by atoms with E-state index in [-0.39, 0.29) is 5.75 Å². The Labute approximate surface area is 105 Å². The van der Waals surface area contributed by atoms with E-state index in [1.807, 2.05) is 48.7 Å². The number of benzene rings is 2. The molecular weight excluding hydrogens is 226 g/mol. The fourth-order valence-electron chi connectivity index (χ4n) is 1.99. The first kappa shape index (κ1) is 10.7. The molecule has 1 aromatic heterocycles. The van der Waals surface area contributed by atoms with E-state index in [4.69, 9.17) is 4.74 Å². The summed E-state index contributed by atoms with van der Waals surface area (Å²) in [6.07, 6.45) is 1.87. The average Bonchev–Trinajstić information content (AvgIpc) is 2.82. The fraction of sp³-hybridized carbons (Fsp3) is 0.0667. The number of aromatic amines is 1. The van der Waals surface area contributed by atoms with Crippen LogP contribution in [0.3, 0.4) is 0 Å². The predicted molar refractivity (Wildman–Crippen MR) is 70.7 cm³/mol. The van der Waals surface area contributed by atoms with Crippen molar-refractivity contribution in [2.24, 2.45) is 0 Å². The largest absolute Gasteiger partial charge is 0.506 e. The van der Waals surface area contributed by atoms with Gasteiger partial charge in [0.2, 0.25) is 0 Å². The maximum atomic E-state index is 9.70. The van der Waals surface area contributed by atoms with Crippen molar-refractivity contribution in [3.63, 3.8) is 0 Å². The van der Waals surface area contributed by atoms with Gasteiger partial charge < -0.3 is 14.8 Å². The van der Waals surface area contributed by atoms with Crippen LogP contribution in [0.5, 0.6) is 11.5 Å². The highest BCUT2D eigenvalue weighted by atomic mass is 16.5. The van der Waals surface area contributed by atoms with E-state index in [2.05, 4.69) is 4.98 Å². The van der Waals surface area contributed by atoms with E-state index >= 15 is 0 Å². The zero-order valence-corrected chi connectivity index (χ0v) is 9.76. The van der Waals surface area contributed by atoms with Crippen LogP contribution in [0.2, 0.25) is 0 Å². The van der Waals surface area contributed by atoms with E-state index in [1.165, 1.54) is 0 Å². The maximum Gasteiger partial charge on any atom is 0.139 e. The van der Waals surface area contributed by atoms with Crippen LogP contribution in [0.15, 0.2) is 54.7 Å². The van der Waals surface area contributed by atoms with Crippen LogP contribution in [0, 0.1) is 0 Å². The van der Waals surface area contributed by atoms with Crippen LogP contribution >= 0.6 is 0 Å². The molecule has 3 nitrogen and oxygen atoms in total. The summed E-state index contributed by atoms with van der Waals surface area (Å²) in [4.78, 5) is 3.06. The van der Waals surface area contributed by atoms with Gasteiger partial charge in [-0.05, 0) is 18.2 Å². The summed E-state index contributed by atoms with van der Waals surface area (Å²) in [5.74, 6) is 1.10. The lowest BCUT2D eigenvalue weighted by Crippen LogP contribution is -1.93. The van der Waals surface area contributed by atoms with Crippen LogP contribution in [0.25, 0.3) is 10.9 Å². The fourth-order valence-corrected chi connectivity index (χ4v) is 1.99. The molecule has 0 aliphatic heterocycles. The number of nitrogens with one attached hydrogen (secondary N) is 1. The molecule has 0 atom stereocenters. The highest BCUT2D eigenvalue weighted by Crippen LogP contribution is 2.26. The van der Waals surface area contributed by atoms with Crippen LogP contribution in [0.1, 0.15) is 5.56 Å². The van der Waals surface area contributed by atoms with E-state index < -0.39 is 0 Å². The molecular formula is C15H13NO2. The Morgan fingerprint density at radius 2 is 1.83 bits per heavy atom. The molecule has 18 heavy (non-hydrogen) atoms. The minimum atomic E-state index is 0.262. The Balaban J connectivity index is 1.85. The molecule has 3 aromatic rings. The molecule has 0 aliphatic carbocycles. The Kier molecular flexibility index (Phi) is 2.65. The summed E-state index contributed by atoms with van der Waals surface area (Å²) in [5.41, 5.74) is 1.79. The second-order valence-electron chi connectivity index (χ2n) is 4.12. The third-order valence-electron chi connectivity index (χ3n) is 2.92. The summed E-state index contributed by atoms with van der Waals surface area (Å²) in [7, 11) is 0. The molecule has 3 heteroatoms. The third-order valence-corrected chi connectivity index (χ3v) is 2.92. The third kappa shape index (κ3) is 1.91. The Hall–Kier alpha value is -2.42. The number of hydrogen-bond acceptors (Lipinski definition) is 2. The molecule has 0 unspecified atom stereocenters. The molecule has 0 amide bonds. The summed E-state index contributed by atoms with van der Waals surface area (Å²) < 4.78 is 5.70. The number of rotatable bonds is 3. The molecule has 3 rings (SSSR count). The smallest absolute Gasteiger partial charge is 0.139 e. The van der Waals surface area contributed by atoms with Crippen molar-refractivity contribution < 1.29 is 9.84 Å². The number of hydrogen-bond donors (Lipinski definition) is 2. The number of phenols is 1. The molecule has 0 spiro atoms. The molecule has 1 heterocycles. The standard InChI is InChI=1S/C15H13NO2/c17-14-8-4-7-13-11(9-16-15(13)14)10-18-12-5-2-1-3-6-12/h1-9,16-17H,10H2. The second-order valence-corrected chi connectivity index (χ2v) is 4.12. The number of phenolic OH excluding ortho intramolecular Hbond substituents is 1. The van der Waals surface area contributed by atoms with Gasteiger partial charge in [-0.15, -0.1) is 0 Å². The minimum absolute atomic E-state index is 0.262. The van der Waals surface area contributed by atoms with Crippen molar-refractivity contribution in [1.82, 2.24) is 4.98 Å². The summed E-state index contributed by atoms with van der Waals surface area (Å²) in [6.45, 7) is 0.480. The summed E-state index contributed by atoms with van der Waals surface area (Å²) in [6, 6.07) is 15.1. The van der Waals surface area contributed by atoms with Gasteiger partial charge in [0.1, 0.15) is 18.1 Å². The van der Waals surface area contributed by atoms with Crippen LogP contribution in [0.4, 0.5) is 0 Å². The Morgan fingerprint density at radius 1 is 1.00 bits per heavy atom. The molecule has 0 aliphatic rings. The Morgan fingerprint density at radius 3 is 2.67 bits per heavy atom. The average molecular weight is 239 g/mol. The van der Waals surface area contributed by atoms with E-state index in [0.717, 1.165) is 22.2 Å². The lowest BCUT2D eigenvalue weighted by molar-refractivity contribution is 0.307. The SMILES string of the molecule is Oc1cccc2c(COc3ccccc3)c[nH]c12. The van der Waals surface area contributed by atoms with Gasteiger partial charge in [0.05, 0.1) is 5.52 Å². The number of fused-ring (bicyclic) bond motifs is 1. The van der Waals surface area contributed by atoms with Crippen molar-refractivity contribution in [3.05, 3.63) is 60.3 Å². The van der Waals surface area contributed by atoms with Crippen molar-refractivity contribution in [1.29, 1.82) is 0 Å². The highest BCUT2D eigenvalue weighted by molar-refractivity contribution is 5.87. The highest BCUT2D eigenvalue weighted by Gasteiger charge is 2.06. The van der Waals surface area contributed by atoms with Gasteiger partial charge in [-0.25, -0.2) is 0 Å². The van der Waals surface area contributed by atoms with Crippen molar-refractivity contribution in [2.75, 3.05) is 0 Å². The van der Waals surface area contributed by atoms with Gasteiger partial charge in [-0.2, -0.15) is 0 Å². The van der Waals surface area contributed by atoms with Gasteiger partial charge in [0.15, 0.2) is 0 Å². The second kappa shape index (κ2) is 4.45. The van der Waals surface area contributed by atoms with Crippen LogP contribution < -0.4 is 4.74 Å². The first-order chi connectivity index (χ1) is 8.84. The monoisotopic (exact) mass is 239 g/mol. The lowest BCUT2D eigenvalue weighted by atomic mass is 10.2. The molecule has 0 bridgehead atoms. The Bertz CT molecular complexity index is 659. The first-order valence-electron chi connectivity index (χ1n) is 5.80. The van der Waals surface area contributed by atoms with E-state index in [1.54, 1.807) is 6.07 Å². The van der Waals surface area contributed by atoms with Crippen molar-refractivity contribution in [3.8, 4) is 11.5 Å². The predicted octanol–water partition coefficient (Wildman–Crippen LogP) is 3.45. The molecule has 0 fully saturated rings. The number of ether oxygens (including phenoxy) is 1. The van der Waals surface area contributed by atoms with E-state index in [0.29, 0.717) is 6.61 Å². The zero-order valence-electron chi connectivity index (χ0n) is 9.76. The normalized spacial score (nSPS) is 10.7. The van der Waals surface area contributed by atoms with Crippen molar-refractivity contribution in [2.45, 2.75) is 6.61 Å². The molecule has 0 radical (unpaired) electrons. The molecule has 2 aromatic carbocycles. The number of aromatic hydroxyl groups is 1. The van der Waals surface area contributed by atoms with Crippen LogP contribution in [-0.4, -0.2) is 10.1 Å². The maximum absolute atomic E-state index is 9.70. The van der Waals surface area contributed by atoms with Crippen LogP contribution in [-0.2, 0) is 6.61 Å². The van der Waals surface area contributed by atoms with Gasteiger partial charge >= 0.3 is 0 Å². The van der Waals surface area contributed by atoms with E-state index in [9.17, 15) is 5.11 Å². The number of para-hydroxylation sites is 2. The topological polar surface area (TPSA) is 45.2 Å². The molecule has 0 saturated carbocycles. The quantitative estimate of drug-likeness (QED) is 0.735. The lowest BCUT2D eigenvalue weighted by Gasteiger charge is -2.04. The van der Waals surface area contributed by atoms with Crippen molar-refractivity contribution >= 4 is 10.9 Å². The number of aromatic nitrogens is 1. The molecule has 90 valence electrons. The van der Waals surface area contributed by atoms with Gasteiger partial charge in [0, 0.05) is 17.1 Å². The zero-order chi connectivity index (χ0) is 12.4. The molecule has 0 saturated heterocycles. The van der Waals surface area contributed by atoms with Gasteiger partial charge in [-0.1, -0.05) is 30.3 Å². The molecule has 2 N–H and O–H groups in total. The van der Waals surface area contributed by atoms with Gasteiger partial charge in [-0.3, -0.25) is 0 Å². The summed E-state index contributed by atoms with van der Waals surface area (Å²) >= 11 is 0. The van der Waals surface area contributed by atoms with Gasteiger partial charge in [0.25, 0.3) is 0 Å². The first-order valence-corrected chi connectivity index (χ1v) is 5.80.